The minimum Gasteiger partial charge on any atom is -0.481 e. The van der Waals surface area contributed by atoms with Gasteiger partial charge in [0.05, 0.1) is 24.6 Å². The molecule has 1 aromatic heterocycles. The first-order valence-electron chi connectivity index (χ1n) is 6.39. The summed E-state index contributed by atoms with van der Waals surface area (Å²) in [6, 6.07) is 1.60. The van der Waals surface area contributed by atoms with Crippen LogP contribution >= 0.6 is 11.3 Å². The summed E-state index contributed by atoms with van der Waals surface area (Å²) in [7, 11) is 1.26. The van der Waals surface area contributed by atoms with E-state index in [1.807, 2.05) is 0 Å². The SMILES string of the molecule is COC(=O)c1sccc1NC(=O)[C@H]1CC=CC[C@@H]1C(=O)O. The number of allylic oxidation sites excluding steroid dienone is 2. The number of anilines is 1. The van der Waals surface area contributed by atoms with Crippen LogP contribution in [0.5, 0.6) is 0 Å². The third kappa shape index (κ3) is 3.30. The molecular formula is C14H15NO5S. The lowest BCUT2D eigenvalue weighted by atomic mass is 9.82. The monoisotopic (exact) mass is 309 g/mol. The third-order valence-electron chi connectivity index (χ3n) is 3.38. The number of amides is 1. The number of methoxy groups -OCH3 is 1. The summed E-state index contributed by atoms with van der Waals surface area (Å²) in [4.78, 5) is 35.3. The third-order valence-corrected chi connectivity index (χ3v) is 4.27. The van der Waals surface area contributed by atoms with Gasteiger partial charge >= 0.3 is 11.9 Å². The largest absolute Gasteiger partial charge is 0.481 e. The average molecular weight is 309 g/mol. The fraction of sp³-hybridized carbons (Fsp3) is 0.357. The second-order valence-corrected chi connectivity index (χ2v) is 5.55. The topological polar surface area (TPSA) is 92.7 Å². The zero-order valence-corrected chi connectivity index (χ0v) is 12.2. The highest BCUT2D eigenvalue weighted by Crippen LogP contribution is 2.29. The Hall–Kier alpha value is -2.15. The summed E-state index contributed by atoms with van der Waals surface area (Å²) < 4.78 is 4.64. The summed E-state index contributed by atoms with van der Waals surface area (Å²) in [6.45, 7) is 0. The molecule has 0 aromatic carbocycles. The highest BCUT2D eigenvalue weighted by molar-refractivity contribution is 7.12. The number of hydrogen-bond acceptors (Lipinski definition) is 5. The van der Waals surface area contributed by atoms with Crippen LogP contribution in [0.2, 0.25) is 0 Å². The summed E-state index contributed by atoms with van der Waals surface area (Å²) in [6.07, 6.45) is 4.28. The number of rotatable bonds is 4. The smallest absolute Gasteiger partial charge is 0.350 e. The molecular weight excluding hydrogens is 294 g/mol. The van der Waals surface area contributed by atoms with Gasteiger partial charge in [-0.05, 0) is 24.3 Å². The quantitative estimate of drug-likeness (QED) is 0.656. The van der Waals surface area contributed by atoms with Crippen LogP contribution in [0.3, 0.4) is 0 Å². The zero-order chi connectivity index (χ0) is 15.4. The van der Waals surface area contributed by atoms with E-state index in [0.29, 0.717) is 23.4 Å². The van der Waals surface area contributed by atoms with Gasteiger partial charge in [0.15, 0.2) is 0 Å². The Bertz CT molecular complexity index is 592. The lowest BCUT2D eigenvalue weighted by Gasteiger charge is -2.24. The van der Waals surface area contributed by atoms with Crippen molar-refractivity contribution < 1.29 is 24.2 Å². The molecule has 0 fully saturated rings. The van der Waals surface area contributed by atoms with Gasteiger partial charge in [0, 0.05) is 0 Å². The molecule has 2 atom stereocenters. The van der Waals surface area contributed by atoms with Gasteiger partial charge < -0.3 is 15.2 Å². The number of carboxylic acid groups (broad SMARTS) is 1. The Balaban J connectivity index is 2.14. The molecule has 7 heteroatoms. The molecule has 0 spiro atoms. The van der Waals surface area contributed by atoms with Crippen LogP contribution in [0.4, 0.5) is 5.69 Å². The molecule has 21 heavy (non-hydrogen) atoms. The van der Waals surface area contributed by atoms with Crippen molar-refractivity contribution in [2.75, 3.05) is 12.4 Å². The Kier molecular flexibility index (Phi) is 4.74. The second-order valence-electron chi connectivity index (χ2n) is 4.64. The second kappa shape index (κ2) is 6.53. The minimum atomic E-state index is -0.988. The number of esters is 1. The van der Waals surface area contributed by atoms with Crippen molar-refractivity contribution in [1.29, 1.82) is 0 Å². The van der Waals surface area contributed by atoms with Gasteiger partial charge in [-0.2, -0.15) is 0 Å². The fourth-order valence-corrected chi connectivity index (χ4v) is 3.03. The van der Waals surface area contributed by atoms with Gasteiger partial charge in [-0.15, -0.1) is 11.3 Å². The summed E-state index contributed by atoms with van der Waals surface area (Å²) in [5.74, 6) is -3.29. The number of carbonyl (C=O) groups excluding carboxylic acids is 2. The van der Waals surface area contributed by atoms with E-state index in [2.05, 4.69) is 10.1 Å². The molecule has 0 bridgehead atoms. The van der Waals surface area contributed by atoms with Crippen molar-refractivity contribution >= 4 is 34.9 Å². The molecule has 0 saturated heterocycles. The van der Waals surface area contributed by atoms with E-state index in [4.69, 9.17) is 0 Å². The molecule has 1 aliphatic rings. The number of carbonyl (C=O) groups is 3. The summed E-state index contributed by atoms with van der Waals surface area (Å²) in [5, 5.41) is 13.5. The van der Waals surface area contributed by atoms with Gasteiger partial charge in [-0.1, -0.05) is 12.2 Å². The van der Waals surface area contributed by atoms with E-state index in [9.17, 15) is 19.5 Å². The number of nitrogens with one attached hydrogen (secondary N) is 1. The Labute approximate surface area is 125 Å². The Morgan fingerprint density at radius 2 is 1.95 bits per heavy atom. The van der Waals surface area contributed by atoms with Crippen molar-refractivity contribution in [1.82, 2.24) is 0 Å². The normalized spacial score (nSPS) is 20.8. The standard InChI is InChI=1S/C14H15NO5S/c1-20-14(19)11-10(6-7-21-11)15-12(16)8-4-2-3-5-9(8)13(17)18/h2-3,6-9H,4-5H2,1H3,(H,15,16)(H,17,18)/t8-,9-/m0/s1. The predicted molar refractivity (Wildman–Crippen MR) is 77.3 cm³/mol. The number of aliphatic carboxylic acids is 1. The van der Waals surface area contributed by atoms with Crippen molar-refractivity contribution in [3.8, 4) is 0 Å². The van der Waals surface area contributed by atoms with Crippen LogP contribution in [0.15, 0.2) is 23.6 Å². The molecule has 1 aliphatic carbocycles. The average Bonchev–Trinajstić information content (AvgIpc) is 2.94. The number of carboxylic acids is 1. The molecule has 112 valence electrons. The lowest BCUT2D eigenvalue weighted by Crippen LogP contribution is -2.34. The van der Waals surface area contributed by atoms with Gasteiger partial charge in [-0.3, -0.25) is 9.59 Å². The molecule has 0 unspecified atom stereocenters. The summed E-state index contributed by atoms with van der Waals surface area (Å²) >= 11 is 1.16. The van der Waals surface area contributed by atoms with Crippen molar-refractivity contribution in [2.24, 2.45) is 11.8 Å². The summed E-state index contributed by atoms with van der Waals surface area (Å²) in [5.41, 5.74) is 0.357. The molecule has 2 rings (SSSR count). The minimum absolute atomic E-state index is 0.295. The molecule has 2 N–H and O–H groups in total. The van der Waals surface area contributed by atoms with Crippen molar-refractivity contribution in [2.45, 2.75) is 12.8 Å². The lowest BCUT2D eigenvalue weighted by molar-refractivity contribution is -0.146. The van der Waals surface area contributed by atoms with Gasteiger partial charge in [0.1, 0.15) is 4.88 Å². The molecule has 1 amide bonds. The van der Waals surface area contributed by atoms with Gasteiger partial charge in [0.25, 0.3) is 0 Å². The zero-order valence-electron chi connectivity index (χ0n) is 11.4. The van der Waals surface area contributed by atoms with E-state index in [-0.39, 0.29) is 0 Å². The van der Waals surface area contributed by atoms with Crippen LogP contribution in [-0.4, -0.2) is 30.1 Å². The maximum atomic E-state index is 12.3. The maximum Gasteiger partial charge on any atom is 0.350 e. The molecule has 6 nitrogen and oxygen atoms in total. The van der Waals surface area contributed by atoms with Gasteiger partial charge in [0.2, 0.25) is 5.91 Å². The number of thiophene rings is 1. The first kappa shape index (κ1) is 15.2. The van der Waals surface area contributed by atoms with Crippen LogP contribution < -0.4 is 5.32 Å². The van der Waals surface area contributed by atoms with Gasteiger partial charge in [-0.25, -0.2) is 4.79 Å². The highest BCUT2D eigenvalue weighted by atomic mass is 32.1. The van der Waals surface area contributed by atoms with Crippen LogP contribution in [0.25, 0.3) is 0 Å². The number of ether oxygens (including phenoxy) is 1. The molecule has 1 aromatic rings. The highest BCUT2D eigenvalue weighted by Gasteiger charge is 2.34. The van der Waals surface area contributed by atoms with Crippen molar-refractivity contribution in [3.63, 3.8) is 0 Å². The first-order valence-corrected chi connectivity index (χ1v) is 7.27. The number of hydrogen-bond donors (Lipinski definition) is 2. The Morgan fingerprint density at radius 3 is 2.57 bits per heavy atom. The van der Waals surface area contributed by atoms with E-state index in [1.165, 1.54) is 7.11 Å². The van der Waals surface area contributed by atoms with E-state index >= 15 is 0 Å². The van der Waals surface area contributed by atoms with Crippen molar-refractivity contribution in [3.05, 3.63) is 28.5 Å². The van der Waals surface area contributed by atoms with E-state index in [0.717, 1.165) is 11.3 Å². The van der Waals surface area contributed by atoms with Crippen LogP contribution in [0.1, 0.15) is 22.5 Å². The first-order chi connectivity index (χ1) is 10.0. The molecule has 1 heterocycles. The van der Waals surface area contributed by atoms with E-state index in [1.54, 1.807) is 23.6 Å². The maximum absolute atomic E-state index is 12.3. The molecule has 0 saturated carbocycles. The Morgan fingerprint density at radius 1 is 1.29 bits per heavy atom. The molecule has 0 radical (unpaired) electrons. The fourth-order valence-electron chi connectivity index (χ4n) is 2.26. The predicted octanol–water partition coefficient (Wildman–Crippen LogP) is 2.14. The van der Waals surface area contributed by atoms with E-state index < -0.39 is 29.7 Å². The molecule has 0 aliphatic heterocycles. The van der Waals surface area contributed by atoms with Crippen LogP contribution in [0, 0.1) is 11.8 Å². The van der Waals surface area contributed by atoms with Crippen LogP contribution in [-0.2, 0) is 14.3 Å².